The summed E-state index contributed by atoms with van der Waals surface area (Å²) in [6, 6.07) is 6.27. The number of nitrogens with zero attached hydrogens (tertiary/aromatic N) is 3. The molecule has 0 radical (unpaired) electrons. The zero-order valence-corrected chi connectivity index (χ0v) is 12.9. The number of aryl methyl sites for hydroxylation is 1. The molecule has 0 saturated carbocycles. The maximum Gasteiger partial charge on any atom is 0.316 e. The van der Waals surface area contributed by atoms with Gasteiger partial charge in [-0.3, -0.25) is 4.79 Å². The highest BCUT2D eigenvalue weighted by Gasteiger charge is 2.30. The Kier molecular flexibility index (Phi) is 4.57. The van der Waals surface area contributed by atoms with Crippen LogP contribution in [-0.2, 0) is 19.6 Å². The standard InChI is InChI=1S/C13H16N4O4S/c1-9-3-5-10(6-4-9)22(19,20)17-12(8-15-16-17)11(7-14)13(18)21-2/h3-6,8,11H,7,14H2,1-2H3. The molecule has 8 nitrogen and oxygen atoms in total. The molecule has 0 fully saturated rings. The molecule has 2 rings (SSSR count). The summed E-state index contributed by atoms with van der Waals surface area (Å²) in [4.78, 5) is 11.8. The Morgan fingerprint density at radius 1 is 1.36 bits per heavy atom. The van der Waals surface area contributed by atoms with Gasteiger partial charge in [-0.1, -0.05) is 22.9 Å². The summed E-state index contributed by atoms with van der Waals surface area (Å²) in [5, 5.41) is 7.18. The molecule has 1 unspecified atom stereocenters. The van der Waals surface area contributed by atoms with Crippen LogP contribution in [0.3, 0.4) is 0 Å². The molecule has 2 N–H and O–H groups in total. The second-order valence-electron chi connectivity index (χ2n) is 4.63. The van der Waals surface area contributed by atoms with Crippen LogP contribution >= 0.6 is 0 Å². The van der Waals surface area contributed by atoms with Crippen molar-refractivity contribution in [1.29, 1.82) is 0 Å². The van der Waals surface area contributed by atoms with Crippen molar-refractivity contribution in [3.8, 4) is 0 Å². The molecule has 1 heterocycles. The van der Waals surface area contributed by atoms with Gasteiger partial charge in [0.05, 0.1) is 23.9 Å². The number of hydrogen-bond donors (Lipinski definition) is 1. The van der Waals surface area contributed by atoms with Gasteiger partial charge < -0.3 is 10.5 Å². The Hall–Kier alpha value is -2.26. The fourth-order valence-corrected chi connectivity index (χ4v) is 3.20. The fourth-order valence-electron chi connectivity index (χ4n) is 1.93. The van der Waals surface area contributed by atoms with E-state index in [4.69, 9.17) is 5.73 Å². The number of carbonyl (C=O) groups is 1. The third-order valence-corrected chi connectivity index (χ3v) is 4.78. The molecule has 1 atom stereocenters. The predicted octanol–water partition coefficient (Wildman–Crippen LogP) is 0.0388. The van der Waals surface area contributed by atoms with Gasteiger partial charge in [-0.2, -0.15) is 8.42 Å². The predicted molar refractivity (Wildman–Crippen MR) is 77.6 cm³/mol. The molecule has 9 heteroatoms. The van der Waals surface area contributed by atoms with Gasteiger partial charge in [-0.25, -0.2) is 0 Å². The minimum atomic E-state index is -3.96. The molecule has 1 aromatic carbocycles. The van der Waals surface area contributed by atoms with Crippen molar-refractivity contribution in [2.45, 2.75) is 17.7 Å². The van der Waals surface area contributed by atoms with Crippen molar-refractivity contribution in [2.75, 3.05) is 13.7 Å². The summed E-state index contributed by atoms with van der Waals surface area (Å²) in [6.07, 6.45) is 1.19. The summed E-state index contributed by atoms with van der Waals surface area (Å²) >= 11 is 0. The Bertz CT molecular complexity index is 768. The van der Waals surface area contributed by atoms with Crippen molar-refractivity contribution >= 4 is 16.0 Å². The average Bonchev–Trinajstić information content (AvgIpc) is 2.98. The first-order valence-electron chi connectivity index (χ1n) is 6.42. The lowest BCUT2D eigenvalue weighted by molar-refractivity contribution is -0.142. The Balaban J connectivity index is 2.52. The van der Waals surface area contributed by atoms with Gasteiger partial charge in [0, 0.05) is 6.54 Å². The van der Waals surface area contributed by atoms with Gasteiger partial charge in [-0.15, -0.1) is 9.19 Å². The molecular weight excluding hydrogens is 308 g/mol. The van der Waals surface area contributed by atoms with Crippen molar-refractivity contribution in [3.05, 3.63) is 41.7 Å². The zero-order chi connectivity index (χ0) is 16.3. The molecule has 0 spiro atoms. The highest BCUT2D eigenvalue weighted by Crippen LogP contribution is 2.20. The number of rotatable bonds is 5. The van der Waals surface area contributed by atoms with E-state index in [1.165, 1.54) is 25.4 Å². The maximum atomic E-state index is 12.6. The smallest absolute Gasteiger partial charge is 0.316 e. The van der Waals surface area contributed by atoms with Crippen LogP contribution in [0.2, 0.25) is 0 Å². The molecule has 1 aromatic heterocycles. The van der Waals surface area contributed by atoms with Gasteiger partial charge in [0.1, 0.15) is 5.92 Å². The van der Waals surface area contributed by atoms with Gasteiger partial charge in [0.15, 0.2) is 0 Å². The number of esters is 1. The van der Waals surface area contributed by atoms with Crippen LogP contribution in [-0.4, -0.2) is 42.4 Å². The minimum absolute atomic E-state index is 0.0467. The van der Waals surface area contributed by atoms with E-state index in [1.807, 2.05) is 6.92 Å². The summed E-state index contributed by atoms with van der Waals surface area (Å²) < 4.78 is 30.6. The lowest BCUT2D eigenvalue weighted by atomic mass is 10.1. The molecule has 0 bridgehead atoms. The van der Waals surface area contributed by atoms with Gasteiger partial charge in [0.25, 0.3) is 10.0 Å². The lowest BCUT2D eigenvalue weighted by Gasteiger charge is -2.13. The fraction of sp³-hybridized carbons (Fsp3) is 0.308. The molecule has 0 aliphatic carbocycles. The summed E-state index contributed by atoms with van der Waals surface area (Å²) in [5.41, 5.74) is 6.53. The van der Waals surface area contributed by atoms with Gasteiger partial charge >= 0.3 is 5.97 Å². The number of hydrogen-bond acceptors (Lipinski definition) is 7. The van der Waals surface area contributed by atoms with Crippen molar-refractivity contribution in [3.63, 3.8) is 0 Å². The normalized spacial score (nSPS) is 12.9. The molecule has 0 amide bonds. The second-order valence-corrected chi connectivity index (χ2v) is 6.40. The summed E-state index contributed by atoms with van der Waals surface area (Å²) in [6.45, 7) is 1.72. The van der Waals surface area contributed by atoms with Crippen LogP contribution in [0, 0.1) is 6.92 Å². The SMILES string of the molecule is COC(=O)C(CN)c1cnnn1S(=O)(=O)c1ccc(C)cc1. The number of aromatic nitrogens is 3. The molecule has 0 saturated heterocycles. The van der Waals surface area contributed by atoms with E-state index >= 15 is 0 Å². The van der Waals surface area contributed by atoms with E-state index in [0.29, 0.717) is 4.09 Å². The molecule has 0 aliphatic rings. The number of nitrogens with two attached hydrogens (primary N) is 1. The third kappa shape index (κ3) is 2.85. The van der Waals surface area contributed by atoms with E-state index in [1.54, 1.807) is 12.1 Å². The van der Waals surface area contributed by atoms with Gasteiger partial charge in [-0.05, 0) is 19.1 Å². The molecule has 2 aromatic rings. The first-order chi connectivity index (χ1) is 10.4. The average molecular weight is 324 g/mol. The van der Waals surface area contributed by atoms with E-state index in [9.17, 15) is 13.2 Å². The van der Waals surface area contributed by atoms with Gasteiger partial charge in [0.2, 0.25) is 0 Å². The van der Waals surface area contributed by atoms with Crippen LogP contribution in [0.5, 0.6) is 0 Å². The van der Waals surface area contributed by atoms with E-state index < -0.39 is 21.9 Å². The first kappa shape index (κ1) is 16.1. The van der Waals surface area contributed by atoms with E-state index in [-0.39, 0.29) is 17.1 Å². The highest BCUT2D eigenvalue weighted by molar-refractivity contribution is 7.89. The van der Waals surface area contributed by atoms with E-state index in [2.05, 4.69) is 15.0 Å². The second kappa shape index (κ2) is 6.24. The first-order valence-corrected chi connectivity index (χ1v) is 7.86. The highest BCUT2D eigenvalue weighted by atomic mass is 32.2. The Morgan fingerprint density at radius 2 is 2.00 bits per heavy atom. The zero-order valence-electron chi connectivity index (χ0n) is 12.1. The van der Waals surface area contributed by atoms with Crippen molar-refractivity contribution in [1.82, 2.24) is 14.4 Å². The van der Waals surface area contributed by atoms with Crippen LogP contribution in [0.4, 0.5) is 0 Å². The lowest BCUT2D eigenvalue weighted by Crippen LogP contribution is -2.28. The molecule has 22 heavy (non-hydrogen) atoms. The van der Waals surface area contributed by atoms with Crippen molar-refractivity contribution in [2.24, 2.45) is 5.73 Å². The number of benzene rings is 1. The third-order valence-electron chi connectivity index (χ3n) is 3.17. The molecule has 118 valence electrons. The summed E-state index contributed by atoms with van der Waals surface area (Å²) in [5.74, 6) is -1.61. The van der Waals surface area contributed by atoms with Crippen LogP contribution in [0.25, 0.3) is 0 Å². The van der Waals surface area contributed by atoms with Crippen molar-refractivity contribution < 1.29 is 17.9 Å². The van der Waals surface area contributed by atoms with Crippen LogP contribution < -0.4 is 5.73 Å². The van der Waals surface area contributed by atoms with Crippen LogP contribution in [0.1, 0.15) is 17.2 Å². The Labute approximate surface area is 127 Å². The summed E-state index contributed by atoms with van der Waals surface area (Å²) in [7, 11) is -2.76. The quantitative estimate of drug-likeness (QED) is 0.771. The number of carbonyl (C=O) groups excluding carboxylic acids is 1. The minimum Gasteiger partial charge on any atom is -0.468 e. The number of methoxy groups -OCH3 is 1. The van der Waals surface area contributed by atoms with Crippen LogP contribution in [0.15, 0.2) is 35.4 Å². The largest absolute Gasteiger partial charge is 0.468 e. The molecule has 0 aliphatic heterocycles. The maximum absolute atomic E-state index is 12.6. The Morgan fingerprint density at radius 3 is 2.55 bits per heavy atom. The molecular formula is C13H16N4O4S. The van der Waals surface area contributed by atoms with E-state index in [0.717, 1.165) is 5.56 Å². The number of ether oxygens (including phenoxy) is 1. The topological polar surface area (TPSA) is 117 Å². The monoisotopic (exact) mass is 324 g/mol.